The van der Waals surface area contributed by atoms with Gasteiger partial charge in [0.1, 0.15) is 23.8 Å². The maximum atomic E-state index is 13.4. The Morgan fingerprint density at radius 2 is 2.10 bits per heavy atom. The second-order valence-electron chi connectivity index (χ2n) is 7.87. The van der Waals surface area contributed by atoms with Crippen molar-refractivity contribution in [2.45, 2.75) is 37.3 Å². The fraction of sp³-hybridized carbons (Fsp3) is 0.476. The van der Waals surface area contributed by atoms with Crippen LogP contribution in [0, 0.1) is 11.7 Å². The zero-order valence-corrected chi connectivity index (χ0v) is 16.4. The summed E-state index contributed by atoms with van der Waals surface area (Å²) in [6, 6.07) is 8.43. The van der Waals surface area contributed by atoms with Crippen molar-refractivity contribution in [2.75, 3.05) is 30.4 Å². The number of carbonyl (C=O) groups excluding carboxylic acids is 1. The monoisotopic (exact) mass is 399 g/mol. The number of rotatable bonds is 6. The number of aliphatic hydroxyl groups excluding tert-OH is 1. The molecular formula is C21H26FN5O2. The first kappa shape index (κ1) is 19.6. The molecular weight excluding hydrogens is 373 g/mol. The summed E-state index contributed by atoms with van der Waals surface area (Å²) < 4.78 is 13.4. The molecule has 7 nitrogen and oxygen atoms in total. The van der Waals surface area contributed by atoms with E-state index in [-0.39, 0.29) is 29.6 Å². The highest BCUT2D eigenvalue weighted by Gasteiger charge is 2.37. The molecule has 2 atom stereocenters. The van der Waals surface area contributed by atoms with Crippen LogP contribution in [-0.2, 0) is 4.79 Å². The van der Waals surface area contributed by atoms with Crippen molar-refractivity contribution in [1.82, 2.24) is 15.3 Å². The number of aliphatic hydroxyl groups is 1. The number of hydrogen-bond donors (Lipinski definition) is 3. The summed E-state index contributed by atoms with van der Waals surface area (Å²) in [5.74, 6) is 1.43. The third-order valence-corrected chi connectivity index (χ3v) is 5.94. The smallest absolute Gasteiger partial charge is 0.223 e. The second kappa shape index (κ2) is 8.32. The summed E-state index contributed by atoms with van der Waals surface area (Å²) in [4.78, 5) is 23.0. The van der Waals surface area contributed by atoms with Crippen LogP contribution in [0.15, 0.2) is 36.7 Å². The van der Waals surface area contributed by atoms with E-state index in [9.17, 15) is 14.3 Å². The van der Waals surface area contributed by atoms with Gasteiger partial charge in [-0.2, -0.15) is 0 Å². The largest absolute Gasteiger partial charge is 0.391 e. The lowest BCUT2D eigenvalue weighted by atomic mass is 9.71. The fourth-order valence-electron chi connectivity index (χ4n) is 4.23. The molecule has 0 spiro atoms. The number of hydrogen-bond acceptors (Lipinski definition) is 6. The molecule has 0 bridgehead atoms. The lowest BCUT2D eigenvalue weighted by Crippen LogP contribution is -2.44. The van der Waals surface area contributed by atoms with Crippen molar-refractivity contribution in [2.24, 2.45) is 5.92 Å². The topological polar surface area (TPSA) is 90.4 Å². The van der Waals surface area contributed by atoms with E-state index >= 15 is 0 Å². The summed E-state index contributed by atoms with van der Waals surface area (Å²) >= 11 is 0. The minimum Gasteiger partial charge on any atom is -0.391 e. The Morgan fingerprint density at radius 1 is 1.28 bits per heavy atom. The van der Waals surface area contributed by atoms with Gasteiger partial charge >= 0.3 is 0 Å². The Balaban J connectivity index is 1.31. The zero-order chi connectivity index (χ0) is 20.4. The summed E-state index contributed by atoms with van der Waals surface area (Å²) in [5, 5.41) is 16.1. The van der Waals surface area contributed by atoms with E-state index in [2.05, 4.69) is 20.6 Å². The predicted molar refractivity (Wildman–Crippen MR) is 108 cm³/mol. The SMILES string of the molecule is CNc1cc(N2C[C@H](O)C[C@@H]2CNC(=O)C2CC(c3cccc(F)c3)C2)ncn1. The molecule has 2 aromatic rings. The molecule has 1 aromatic heterocycles. The standard InChI is InChI=1S/C21H26FN5O2/c1-23-19-9-20(26-12-25-19)27-11-18(28)8-17(27)10-24-21(29)15-5-14(6-15)13-3-2-4-16(22)7-13/h2-4,7,9,12,14-15,17-18,28H,5-6,8,10-11H2,1H3,(H,24,29)(H,23,25,26)/t14?,15?,17-,18-/m1/s1. The molecule has 0 radical (unpaired) electrons. The van der Waals surface area contributed by atoms with E-state index in [1.165, 1.54) is 12.4 Å². The van der Waals surface area contributed by atoms with Gasteiger partial charge in [0.25, 0.3) is 0 Å². The lowest BCUT2D eigenvalue weighted by Gasteiger charge is -2.35. The number of nitrogens with zero attached hydrogens (tertiary/aromatic N) is 3. The Bertz CT molecular complexity index is 874. The van der Waals surface area contributed by atoms with Gasteiger partial charge in [0.2, 0.25) is 5.91 Å². The number of β-amino-alcohol motifs (C(OH)–C–C–N with tert-alkyl or cyclic N) is 1. The Hall–Kier alpha value is -2.74. The van der Waals surface area contributed by atoms with E-state index in [0.717, 1.165) is 24.2 Å². The van der Waals surface area contributed by atoms with Crippen molar-refractivity contribution in [1.29, 1.82) is 0 Å². The number of anilines is 2. The van der Waals surface area contributed by atoms with Crippen molar-refractivity contribution >= 4 is 17.5 Å². The van der Waals surface area contributed by atoms with Gasteiger partial charge in [0.15, 0.2) is 0 Å². The van der Waals surface area contributed by atoms with Gasteiger partial charge in [-0.25, -0.2) is 14.4 Å². The third-order valence-electron chi connectivity index (χ3n) is 5.94. The molecule has 2 fully saturated rings. The number of benzene rings is 1. The van der Waals surface area contributed by atoms with Crippen LogP contribution in [0.5, 0.6) is 0 Å². The molecule has 3 N–H and O–H groups in total. The molecule has 1 aromatic carbocycles. The first-order valence-electron chi connectivity index (χ1n) is 10.0. The number of amides is 1. The molecule has 4 rings (SSSR count). The summed E-state index contributed by atoms with van der Waals surface area (Å²) in [7, 11) is 1.79. The molecule has 8 heteroatoms. The van der Waals surface area contributed by atoms with Crippen LogP contribution in [0.3, 0.4) is 0 Å². The molecule has 154 valence electrons. The minimum atomic E-state index is -0.453. The molecule has 1 saturated heterocycles. The molecule has 2 aliphatic rings. The van der Waals surface area contributed by atoms with E-state index in [1.54, 1.807) is 19.2 Å². The Morgan fingerprint density at radius 3 is 2.86 bits per heavy atom. The van der Waals surface area contributed by atoms with Crippen LogP contribution in [0.1, 0.15) is 30.7 Å². The van der Waals surface area contributed by atoms with E-state index in [4.69, 9.17) is 0 Å². The number of halogens is 1. The average Bonchev–Trinajstić information content (AvgIpc) is 3.06. The van der Waals surface area contributed by atoms with Gasteiger partial charge in [-0.3, -0.25) is 4.79 Å². The zero-order valence-electron chi connectivity index (χ0n) is 16.4. The van der Waals surface area contributed by atoms with Crippen molar-refractivity contribution in [3.8, 4) is 0 Å². The van der Waals surface area contributed by atoms with Gasteiger partial charge in [0, 0.05) is 32.1 Å². The van der Waals surface area contributed by atoms with Gasteiger partial charge in [-0.15, -0.1) is 0 Å². The minimum absolute atomic E-state index is 0.0207. The normalized spacial score (nSPS) is 26.1. The maximum Gasteiger partial charge on any atom is 0.223 e. The highest BCUT2D eigenvalue weighted by Crippen LogP contribution is 2.41. The number of nitrogens with one attached hydrogen (secondary N) is 2. The summed E-state index contributed by atoms with van der Waals surface area (Å²) in [6.07, 6.45) is 3.09. The van der Waals surface area contributed by atoms with Crippen molar-refractivity contribution < 1.29 is 14.3 Å². The second-order valence-corrected chi connectivity index (χ2v) is 7.87. The summed E-state index contributed by atoms with van der Waals surface area (Å²) in [6.45, 7) is 0.932. The predicted octanol–water partition coefficient (Wildman–Crippen LogP) is 1.91. The molecule has 1 saturated carbocycles. The van der Waals surface area contributed by atoms with Gasteiger partial charge in [-0.1, -0.05) is 12.1 Å². The van der Waals surface area contributed by atoms with Crippen molar-refractivity contribution in [3.63, 3.8) is 0 Å². The van der Waals surface area contributed by atoms with Crippen LogP contribution < -0.4 is 15.5 Å². The molecule has 1 aliphatic heterocycles. The van der Waals surface area contributed by atoms with Crippen LogP contribution in [-0.4, -0.2) is 53.3 Å². The number of aromatic nitrogens is 2. The van der Waals surface area contributed by atoms with Gasteiger partial charge < -0.3 is 20.6 Å². The average molecular weight is 399 g/mol. The van der Waals surface area contributed by atoms with Crippen LogP contribution >= 0.6 is 0 Å². The van der Waals surface area contributed by atoms with Crippen LogP contribution in [0.2, 0.25) is 0 Å². The van der Waals surface area contributed by atoms with E-state index < -0.39 is 6.10 Å². The highest BCUT2D eigenvalue weighted by atomic mass is 19.1. The Labute approximate surface area is 169 Å². The summed E-state index contributed by atoms with van der Waals surface area (Å²) in [5.41, 5.74) is 0.961. The fourth-order valence-corrected chi connectivity index (χ4v) is 4.23. The highest BCUT2D eigenvalue weighted by molar-refractivity contribution is 5.80. The van der Waals surface area contributed by atoms with E-state index in [0.29, 0.717) is 25.3 Å². The molecule has 1 amide bonds. The lowest BCUT2D eigenvalue weighted by molar-refractivity contribution is -0.128. The molecule has 2 heterocycles. The van der Waals surface area contributed by atoms with Gasteiger partial charge in [-0.05, 0) is 42.9 Å². The van der Waals surface area contributed by atoms with Crippen molar-refractivity contribution in [3.05, 3.63) is 48.0 Å². The third kappa shape index (κ3) is 4.32. The molecule has 29 heavy (non-hydrogen) atoms. The Kier molecular flexibility index (Phi) is 5.62. The van der Waals surface area contributed by atoms with Crippen LogP contribution in [0.25, 0.3) is 0 Å². The van der Waals surface area contributed by atoms with E-state index in [1.807, 2.05) is 17.0 Å². The molecule has 1 aliphatic carbocycles. The number of carbonyl (C=O) groups is 1. The quantitative estimate of drug-likeness (QED) is 0.688. The first-order valence-corrected chi connectivity index (χ1v) is 10.0. The van der Waals surface area contributed by atoms with Crippen LogP contribution in [0.4, 0.5) is 16.0 Å². The van der Waals surface area contributed by atoms with Gasteiger partial charge in [0.05, 0.1) is 12.1 Å². The first-order chi connectivity index (χ1) is 14.0. The molecule has 0 unspecified atom stereocenters. The maximum absolute atomic E-state index is 13.4.